The zero-order valence-corrected chi connectivity index (χ0v) is 50.9. The fourth-order valence-corrected chi connectivity index (χ4v) is 10.1. The molecule has 1 heterocycles. The molecule has 1 fully saturated rings. The van der Waals surface area contributed by atoms with Gasteiger partial charge in [-0.15, -0.1) is 0 Å². The van der Waals surface area contributed by atoms with Gasteiger partial charge in [0.2, 0.25) is 5.91 Å². The van der Waals surface area contributed by atoms with Crippen molar-refractivity contribution < 1.29 is 39.8 Å². The average molecular weight is 1110 g/mol. The quantitative estimate of drug-likeness (QED) is 0.0261. The van der Waals surface area contributed by atoms with Gasteiger partial charge in [-0.05, 0) is 77.0 Å². The van der Waals surface area contributed by atoms with Gasteiger partial charge in [-0.1, -0.05) is 297 Å². The summed E-state index contributed by atoms with van der Waals surface area (Å²) in [6.07, 6.45) is 77.3. The summed E-state index contributed by atoms with van der Waals surface area (Å²) in [5.74, 6) is -0.147. The van der Waals surface area contributed by atoms with Gasteiger partial charge in [-0.2, -0.15) is 0 Å². The lowest BCUT2D eigenvalue weighted by molar-refractivity contribution is -0.302. The first-order valence-corrected chi connectivity index (χ1v) is 32.9. The lowest BCUT2D eigenvalue weighted by Crippen LogP contribution is -2.60. The van der Waals surface area contributed by atoms with Gasteiger partial charge >= 0.3 is 0 Å². The molecule has 1 saturated heterocycles. The first kappa shape index (κ1) is 74.1. The van der Waals surface area contributed by atoms with E-state index in [1.807, 2.05) is 0 Å². The number of carbonyl (C=O) groups excluding carboxylic acids is 1. The van der Waals surface area contributed by atoms with E-state index >= 15 is 0 Å². The standard InChI is InChI=1S/C70H123NO8/c1-3-5-7-9-11-13-15-17-19-21-23-24-25-26-27-28-29-30-31-32-33-34-35-36-37-38-39-40-42-44-46-48-50-52-54-56-58-60-66(74)71-63(62-78-70-69(77)68(76)67(75)65(61-72)79-70)64(73)59-57-55-53-51-49-47-45-43-41-22-20-18-16-14-12-10-8-6-4-2/h5,7,11,13,17,19,23-24,26-27,29-30,32-33,35-36,63-65,67-70,72-73,75-77H,3-4,6,8-10,12,14-16,18,20-22,25,28,31,34,37-62H2,1-2H3,(H,71,74)/b7-5-,13-11-,19-17-,24-23-,27-26-,30-29-,33-32-,36-35-. The van der Waals surface area contributed by atoms with E-state index in [1.54, 1.807) is 0 Å². The van der Waals surface area contributed by atoms with Crippen LogP contribution in [0.2, 0.25) is 0 Å². The van der Waals surface area contributed by atoms with Crippen LogP contribution in [-0.2, 0) is 14.3 Å². The normalized spacial score (nSPS) is 19.2. The smallest absolute Gasteiger partial charge is 0.220 e. The van der Waals surface area contributed by atoms with E-state index in [9.17, 15) is 30.3 Å². The molecule has 6 N–H and O–H groups in total. The molecule has 0 radical (unpaired) electrons. The molecule has 7 atom stereocenters. The van der Waals surface area contributed by atoms with Crippen LogP contribution >= 0.6 is 0 Å². The maximum absolute atomic E-state index is 13.1. The second-order valence-corrected chi connectivity index (χ2v) is 22.5. The highest BCUT2D eigenvalue weighted by Crippen LogP contribution is 2.23. The Hall–Kier alpha value is -2.89. The van der Waals surface area contributed by atoms with Crippen LogP contribution in [-0.4, -0.2) is 87.5 Å². The summed E-state index contributed by atoms with van der Waals surface area (Å²) in [7, 11) is 0. The summed E-state index contributed by atoms with van der Waals surface area (Å²) in [5.41, 5.74) is 0. The Kier molecular flexibility index (Phi) is 54.7. The van der Waals surface area contributed by atoms with Crippen LogP contribution in [0.1, 0.15) is 284 Å². The Morgan fingerprint density at radius 2 is 0.785 bits per heavy atom. The van der Waals surface area contributed by atoms with Crippen LogP contribution in [0.25, 0.3) is 0 Å². The third-order valence-corrected chi connectivity index (χ3v) is 15.2. The number of nitrogens with one attached hydrogen (secondary N) is 1. The van der Waals surface area contributed by atoms with E-state index in [-0.39, 0.29) is 12.5 Å². The predicted octanol–water partition coefficient (Wildman–Crippen LogP) is 17.5. The molecule has 0 bridgehead atoms. The van der Waals surface area contributed by atoms with E-state index in [4.69, 9.17) is 9.47 Å². The second-order valence-electron chi connectivity index (χ2n) is 22.5. The third-order valence-electron chi connectivity index (χ3n) is 15.2. The van der Waals surface area contributed by atoms with Crippen LogP contribution in [0.5, 0.6) is 0 Å². The maximum atomic E-state index is 13.1. The van der Waals surface area contributed by atoms with E-state index in [1.165, 1.54) is 167 Å². The SMILES string of the molecule is CC/C=C\C/C=C\C/C=C\C/C=C\C/C=C\C/C=C\C/C=C\C/C=C\CCCCCCCCCCCCCCC(=O)NC(COC1OC(CO)C(O)C(O)C1O)C(O)CCCCCCCCCCCCCCCCCCCCC. The zero-order valence-electron chi connectivity index (χ0n) is 50.9. The highest BCUT2D eigenvalue weighted by Gasteiger charge is 2.44. The molecule has 79 heavy (non-hydrogen) atoms. The average Bonchev–Trinajstić information content (AvgIpc) is 3.46. The molecular weight excluding hydrogens is 983 g/mol. The van der Waals surface area contributed by atoms with Gasteiger partial charge in [0.25, 0.3) is 0 Å². The molecule has 0 aromatic rings. The molecule has 7 unspecified atom stereocenters. The summed E-state index contributed by atoms with van der Waals surface area (Å²) in [5, 5.41) is 54.8. The van der Waals surface area contributed by atoms with Gasteiger partial charge in [0.15, 0.2) is 6.29 Å². The summed E-state index contributed by atoms with van der Waals surface area (Å²) in [6.45, 7) is 3.74. The van der Waals surface area contributed by atoms with Gasteiger partial charge in [-0.3, -0.25) is 4.79 Å². The van der Waals surface area contributed by atoms with Crippen molar-refractivity contribution in [2.45, 2.75) is 326 Å². The molecule has 0 aliphatic carbocycles. The number of hydrogen-bond acceptors (Lipinski definition) is 8. The van der Waals surface area contributed by atoms with Gasteiger partial charge < -0.3 is 40.3 Å². The fourth-order valence-electron chi connectivity index (χ4n) is 10.1. The van der Waals surface area contributed by atoms with E-state index < -0.39 is 49.5 Å². The fraction of sp³-hybridized carbons (Fsp3) is 0.757. The number of allylic oxidation sites excluding steroid dienone is 16. The number of rotatable bonds is 56. The first-order chi connectivity index (χ1) is 38.8. The number of hydrogen-bond donors (Lipinski definition) is 6. The lowest BCUT2D eigenvalue weighted by Gasteiger charge is -2.40. The Labute approximate surface area is 485 Å². The molecule has 9 nitrogen and oxygen atoms in total. The van der Waals surface area contributed by atoms with Gasteiger partial charge in [0, 0.05) is 6.42 Å². The zero-order chi connectivity index (χ0) is 57.2. The Morgan fingerprint density at radius 3 is 1.16 bits per heavy atom. The maximum Gasteiger partial charge on any atom is 0.220 e. The van der Waals surface area contributed by atoms with E-state index in [2.05, 4.69) is 116 Å². The van der Waals surface area contributed by atoms with Crippen molar-refractivity contribution >= 4 is 5.91 Å². The Balaban J connectivity index is 2.13. The number of amides is 1. The predicted molar refractivity (Wildman–Crippen MR) is 336 cm³/mol. The third kappa shape index (κ3) is 47.3. The minimum absolute atomic E-state index is 0.141. The van der Waals surface area contributed by atoms with E-state index in [0.717, 1.165) is 89.9 Å². The molecular formula is C70H123NO8. The van der Waals surface area contributed by atoms with E-state index in [0.29, 0.717) is 12.8 Å². The van der Waals surface area contributed by atoms with Crippen LogP contribution < -0.4 is 5.32 Å². The molecule has 1 rings (SSSR count). The first-order valence-electron chi connectivity index (χ1n) is 32.9. The highest BCUT2D eigenvalue weighted by molar-refractivity contribution is 5.76. The van der Waals surface area contributed by atoms with Crippen molar-refractivity contribution in [2.24, 2.45) is 0 Å². The molecule has 1 aliphatic rings. The van der Waals surface area contributed by atoms with Crippen molar-refractivity contribution in [1.29, 1.82) is 0 Å². The van der Waals surface area contributed by atoms with Crippen LogP contribution in [0.4, 0.5) is 0 Å². The van der Waals surface area contributed by atoms with Crippen LogP contribution in [0, 0.1) is 0 Å². The second kappa shape index (κ2) is 58.3. The molecule has 1 amide bonds. The number of aliphatic hydroxyl groups excluding tert-OH is 5. The van der Waals surface area contributed by atoms with Gasteiger partial charge in [0.1, 0.15) is 24.4 Å². The van der Waals surface area contributed by atoms with Crippen LogP contribution in [0.3, 0.4) is 0 Å². The largest absolute Gasteiger partial charge is 0.394 e. The lowest BCUT2D eigenvalue weighted by atomic mass is 9.99. The van der Waals surface area contributed by atoms with Crippen molar-refractivity contribution in [2.75, 3.05) is 13.2 Å². The van der Waals surface area contributed by atoms with Crippen LogP contribution in [0.15, 0.2) is 97.2 Å². The summed E-state index contributed by atoms with van der Waals surface area (Å²) in [4.78, 5) is 13.1. The Bertz CT molecular complexity index is 1560. The minimum atomic E-state index is -1.56. The number of unbranched alkanes of at least 4 members (excludes halogenated alkanes) is 30. The van der Waals surface area contributed by atoms with Crippen molar-refractivity contribution in [3.63, 3.8) is 0 Å². The summed E-state index contributed by atoms with van der Waals surface area (Å²) < 4.78 is 11.3. The molecule has 456 valence electrons. The molecule has 0 aromatic heterocycles. The molecule has 9 heteroatoms. The topological polar surface area (TPSA) is 149 Å². The molecule has 0 spiro atoms. The Morgan fingerprint density at radius 1 is 0.443 bits per heavy atom. The summed E-state index contributed by atoms with van der Waals surface area (Å²) in [6, 6.07) is -0.726. The minimum Gasteiger partial charge on any atom is -0.394 e. The highest BCUT2D eigenvalue weighted by atomic mass is 16.7. The van der Waals surface area contributed by atoms with Crippen molar-refractivity contribution in [1.82, 2.24) is 5.32 Å². The van der Waals surface area contributed by atoms with Crippen molar-refractivity contribution in [3.8, 4) is 0 Å². The molecule has 1 aliphatic heterocycles. The number of carbonyl (C=O) groups is 1. The number of aliphatic hydroxyl groups is 5. The summed E-state index contributed by atoms with van der Waals surface area (Å²) >= 11 is 0. The van der Waals surface area contributed by atoms with Crippen molar-refractivity contribution in [3.05, 3.63) is 97.2 Å². The molecule has 0 saturated carbocycles. The van der Waals surface area contributed by atoms with Gasteiger partial charge in [0.05, 0.1) is 25.4 Å². The molecule has 0 aromatic carbocycles. The number of ether oxygens (including phenoxy) is 2. The van der Waals surface area contributed by atoms with Gasteiger partial charge in [-0.25, -0.2) is 0 Å². The monoisotopic (exact) mass is 1110 g/mol.